The van der Waals surface area contributed by atoms with E-state index in [-0.39, 0.29) is 0 Å². The zero-order valence-corrected chi connectivity index (χ0v) is 12.4. The standard InChI is InChI=1S/C16H23NS/c1-4-12(5-2)10-14(17-3)16-11-13-8-6-7-9-15(13)18-16/h6-9,11-12,14,17H,4-5,10H2,1-3H3. The lowest BCUT2D eigenvalue weighted by molar-refractivity contribution is 0.388. The van der Waals surface area contributed by atoms with E-state index in [0.717, 1.165) is 5.92 Å². The van der Waals surface area contributed by atoms with Crippen molar-refractivity contribution in [1.82, 2.24) is 5.32 Å². The summed E-state index contributed by atoms with van der Waals surface area (Å²) in [5.74, 6) is 0.827. The van der Waals surface area contributed by atoms with Gasteiger partial charge in [-0.1, -0.05) is 44.9 Å². The molecule has 0 bridgehead atoms. The van der Waals surface area contributed by atoms with E-state index in [0.29, 0.717) is 6.04 Å². The van der Waals surface area contributed by atoms with Gasteiger partial charge in [0.05, 0.1) is 0 Å². The third kappa shape index (κ3) is 2.93. The molecule has 1 aromatic carbocycles. The Bertz CT molecular complexity index is 452. The monoisotopic (exact) mass is 261 g/mol. The van der Waals surface area contributed by atoms with Crippen molar-refractivity contribution in [2.75, 3.05) is 7.05 Å². The summed E-state index contributed by atoms with van der Waals surface area (Å²) in [6.45, 7) is 4.59. The van der Waals surface area contributed by atoms with E-state index in [9.17, 15) is 0 Å². The SMILES string of the molecule is CCC(CC)CC(NC)c1cc2ccccc2s1. The summed E-state index contributed by atoms with van der Waals surface area (Å²) in [6.07, 6.45) is 3.80. The molecule has 1 aromatic heterocycles. The minimum atomic E-state index is 0.507. The van der Waals surface area contributed by atoms with Gasteiger partial charge in [0.1, 0.15) is 0 Å². The second kappa shape index (κ2) is 6.35. The van der Waals surface area contributed by atoms with Crippen LogP contribution in [0.1, 0.15) is 44.0 Å². The number of benzene rings is 1. The first-order valence-corrected chi connectivity index (χ1v) is 7.75. The van der Waals surface area contributed by atoms with Crippen LogP contribution in [-0.4, -0.2) is 7.05 Å². The highest BCUT2D eigenvalue weighted by Crippen LogP contribution is 2.33. The van der Waals surface area contributed by atoms with Crippen LogP contribution in [0.4, 0.5) is 0 Å². The first kappa shape index (κ1) is 13.6. The van der Waals surface area contributed by atoms with Gasteiger partial charge < -0.3 is 5.32 Å². The molecule has 2 aromatic rings. The number of fused-ring (bicyclic) bond motifs is 1. The van der Waals surface area contributed by atoms with Crippen LogP contribution < -0.4 is 5.32 Å². The Kier molecular flexibility index (Phi) is 4.79. The Morgan fingerprint density at radius 1 is 1.17 bits per heavy atom. The molecular weight excluding hydrogens is 238 g/mol. The molecule has 0 spiro atoms. The maximum Gasteiger partial charge on any atom is 0.0415 e. The van der Waals surface area contributed by atoms with Crippen molar-refractivity contribution in [1.29, 1.82) is 0 Å². The van der Waals surface area contributed by atoms with Gasteiger partial charge in [-0.15, -0.1) is 11.3 Å². The fourth-order valence-corrected chi connectivity index (χ4v) is 3.69. The van der Waals surface area contributed by atoms with E-state index in [1.165, 1.54) is 34.2 Å². The zero-order chi connectivity index (χ0) is 13.0. The van der Waals surface area contributed by atoms with Crippen LogP contribution in [0.15, 0.2) is 30.3 Å². The Hall–Kier alpha value is -0.860. The van der Waals surface area contributed by atoms with Gasteiger partial charge in [-0.05, 0) is 36.9 Å². The Morgan fingerprint density at radius 3 is 2.50 bits per heavy atom. The maximum absolute atomic E-state index is 3.49. The van der Waals surface area contributed by atoms with Crippen LogP contribution in [0.3, 0.4) is 0 Å². The number of hydrogen-bond acceptors (Lipinski definition) is 2. The molecule has 0 aliphatic carbocycles. The highest BCUT2D eigenvalue weighted by atomic mass is 32.1. The summed E-state index contributed by atoms with van der Waals surface area (Å²) in [5, 5.41) is 4.87. The van der Waals surface area contributed by atoms with Crippen LogP contribution in [-0.2, 0) is 0 Å². The quantitative estimate of drug-likeness (QED) is 0.772. The molecule has 0 aliphatic rings. The topological polar surface area (TPSA) is 12.0 Å². The molecular formula is C16H23NS. The zero-order valence-electron chi connectivity index (χ0n) is 11.6. The molecule has 0 radical (unpaired) electrons. The molecule has 2 heteroatoms. The molecule has 98 valence electrons. The summed E-state index contributed by atoms with van der Waals surface area (Å²) in [4.78, 5) is 1.48. The molecule has 1 unspecified atom stereocenters. The highest BCUT2D eigenvalue weighted by molar-refractivity contribution is 7.19. The van der Waals surface area contributed by atoms with Gasteiger partial charge in [0.25, 0.3) is 0 Å². The van der Waals surface area contributed by atoms with E-state index in [2.05, 4.69) is 56.5 Å². The van der Waals surface area contributed by atoms with Crippen molar-refractivity contribution >= 4 is 21.4 Å². The lowest BCUT2D eigenvalue weighted by Gasteiger charge is -2.20. The van der Waals surface area contributed by atoms with Crippen LogP contribution in [0.25, 0.3) is 10.1 Å². The van der Waals surface area contributed by atoms with E-state index >= 15 is 0 Å². The van der Waals surface area contributed by atoms with Gasteiger partial charge in [-0.2, -0.15) is 0 Å². The number of rotatable bonds is 6. The normalized spacial score (nSPS) is 13.3. The number of hydrogen-bond donors (Lipinski definition) is 1. The fourth-order valence-electron chi connectivity index (χ4n) is 2.51. The predicted molar refractivity (Wildman–Crippen MR) is 82.3 cm³/mol. The molecule has 0 amide bonds. The minimum Gasteiger partial charge on any atom is -0.312 e. The van der Waals surface area contributed by atoms with Crippen molar-refractivity contribution in [3.05, 3.63) is 35.2 Å². The summed E-state index contributed by atoms with van der Waals surface area (Å²) < 4.78 is 1.40. The van der Waals surface area contributed by atoms with Crippen molar-refractivity contribution in [3.8, 4) is 0 Å². The number of nitrogens with one attached hydrogen (secondary N) is 1. The van der Waals surface area contributed by atoms with Gasteiger partial charge in [0, 0.05) is 15.6 Å². The molecule has 1 N–H and O–H groups in total. The smallest absolute Gasteiger partial charge is 0.0415 e. The first-order chi connectivity index (χ1) is 8.78. The van der Waals surface area contributed by atoms with Crippen LogP contribution in [0, 0.1) is 5.92 Å². The molecule has 1 atom stereocenters. The lowest BCUT2D eigenvalue weighted by atomic mass is 9.94. The largest absolute Gasteiger partial charge is 0.312 e. The van der Waals surface area contributed by atoms with Crippen molar-refractivity contribution in [2.24, 2.45) is 5.92 Å². The van der Waals surface area contributed by atoms with Gasteiger partial charge in [0.15, 0.2) is 0 Å². The summed E-state index contributed by atoms with van der Waals surface area (Å²) >= 11 is 1.93. The second-order valence-electron chi connectivity index (χ2n) is 4.95. The van der Waals surface area contributed by atoms with Crippen LogP contribution in [0.2, 0.25) is 0 Å². The maximum atomic E-state index is 3.49. The van der Waals surface area contributed by atoms with E-state index < -0.39 is 0 Å². The molecule has 0 fully saturated rings. The molecule has 1 nitrogen and oxygen atoms in total. The molecule has 1 heterocycles. The summed E-state index contributed by atoms with van der Waals surface area (Å²) in [5.41, 5.74) is 0. The Balaban J connectivity index is 2.21. The summed E-state index contributed by atoms with van der Waals surface area (Å²) in [6, 6.07) is 11.5. The fraction of sp³-hybridized carbons (Fsp3) is 0.500. The Labute approximate surface area is 114 Å². The van der Waals surface area contributed by atoms with Gasteiger partial charge in [-0.25, -0.2) is 0 Å². The molecule has 18 heavy (non-hydrogen) atoms. The Morgan fingerprint density at radius 2 is 1.89 bits per heavy atom. The molecule has 0 saturated carbocycles. The minimum absolute atomic E-state index is 0.507. The van der Waals surface area contributed by atoms with Gasteiger partial charge >= 0.3 is 0 Å². The van der Waals surface area contributed by atoms with Crippen LogP contribution in [0.5, 0.6) is 0 Å². The van der Waals surface area contributed by atoms with Crippen LogP contribution >= 0.6 is 11.3 Å². The average Bonchev–Trinajstić information content (AvgIpc) is 2.84. The third-order valence-electron chi connectivity index (χ3n) is 3.86. The van der Waals surface area contributed by atoms with E-state index in [1.54, 1.807) is 0 Å². The molecule has 0 aliphatic heterocycles. The van der Waals surface area contributed by atoms with Crippen molar-refractivity contribution < 1.29 is 0 Å². The number of thiophene rings is 1. The third-order valence-corrected chi connectivity index (χ3v) is 5.09. The lowest BCUT2D eigenvalue weighted by Crippen LogP contribution is -2.18. The average molecular weight is 261 g/mol. The molecule has 2 rings (SSSR count). The predicted octanol–water partition coefficient (Wildman–Crippen LogP) is 4.99. The second-order valence-corrected chi connectivity index (χ2v) is 6.06. The summed E-state index contributed by atoms with van der Waals surface area (Å²) in [7, 11) is 2.08. The van der Waals surface area contributed by atoms with Crippen molar-refractivity contribution in [2.45, 2.75) is 39.2 Å². The van der Waals surface area contributed by atoms with Crippen molar-refractivity contribution in [3.63, 3.8) is 0 Å². The highest BCUT2D eigenvalue weighted by Gasteiger charge is 2.16. The first-order valence-electron chi connectivity index (χ1n) is 6.94. The van der Waals surface area contributed by atoms with Gasteiger partial charge in [-0.3, -0.25) is 0 Å². The van der Waals surface area contributed by atoms with E-state index in [4.69, 9.17) is 0 Å². The van der Waals surface area contributed by atoms with Gasteiger partial charge in [0.2, 0.25) is 0 Å². The van der Waals surface area contributed by atoms with E-state index in [1.807, 2.05) is 11.3 Å². The molecule has 0 saturated heterocycles.